The Kier molecular flexibility index (Phi) is 6.15. The van der Waals surface area contributed by atoms with E-state index < -0.39 is 0 Å². The van der Waals surface area contributed by atoms with Crippen LogP contribution in [0.1, 0.15) is 13.3 Å². The molecular weight excluding hydrogens is 599 g/mol. The predicted molar refractivity (Wildman–Crippen MR) is 203 cm³/mol. The van der Waals surface area contributed by atoms with E-state index in [0.717, 1.165) is 28.6 Å². The highest BCUT2D eigenvalue weighted by molar-refractivity contribution is 6.36. The summed E-state index contributed by atoms with van der Waals surface area (Å²) in [6.07, 6.45) is 7.75. The fraction of sp³-hybridized carbons (Fsp3) is 0.0682. The highest BCUT2D eigenvalue weighted by Gasteiger charge is 2.27. The Bertz CT molecular complexity index is 2750. The first kappa shape index (κ1) is 27.8. The first-order valence-corrected chi connectivity index (χ1v) is 16.9. The van der Waals surface area contributed by atoms with E-state index >= 15 is 0 Å². The molecule has 0 bridgehead atoms. The number of fused-ring (bicyclic) bond motifs is 10. The molecule has 1 atom stereocenters. The van der Waals surface area contributed by atoms with Crippen LogP contribution in [0.3, 0.4) is 0 Å². The lowest BCUT2D eigenvalue weighted by Crippen LogP contribution is -2.10. The summed E-state index contributed by atoms with van der Waals surface area (Å²) in [6, 6.07) is 46.8. The number of para-hydroxylation sites is 2. The monoisotopic (exact) mass is 629 g/mol. The Morgan fingerprint density at radius 2 is 0.980 bits per heavy atom. The zero-order valence-corrected chi connectivity index (χ0v) is 27.0. The number of hydrogen-bond donors (Lipinski definition) is 0. The van der Waals surface area contributed by atoms with Gasteiger partial charge in [0.2, 0.25) is 5.95 Å². The zero-order chi connectivity index (χ0) is 32.5. The Labute approximate surface area is 283 Å². The van der Waals surface area contributed by atoms with Crippen LogP contribution in [0.15, 0.2) is 152 Å². The smallest absolute Gasteiger partial charge is 0.238 e. The molecule has 5 heteroatoms. The molecule has 0 fully saturated rings. The second kappa shape index (κ2) is 10.9. The van der Waals surface area contributed by atoms with Crippen LogP contribution in [-0.2, 0) is 0 Å². The van der Waals surface area contributed by atoms with Crippen LogP contribution in [0.25, 0.3) is 88.8 Å². The molecule has 0 spiro atoms. The Morgan fingerprint density at radius 3 is 1.53 bits per heavy atom. The van der Waals surface area contributed by atoms with E-state index in [0.29, 0.717) is 23.5 Å². The lowest BCUT2D eigenvalue weighted by atomic mass is 9.97. The van der Waals surface area contributed by atoms with Crippen molar-refractivity contribution in [1.29, 1.82) is 0 Å². The summed E-state index contributed by atoms with van der Waals surface area (Å²) in [4.78, 5) is 15.6. The van der Waals surface area contributed by atoms with Gasteiger partial charge in [-0.2, -0.15) is 9.97 Å². The van der Waals surface area contributed by atoms with Crippen LogP contribution in [0.4, 0.5) is 0 Å². The van der Waals surface area contributed by atoms with Crippen molar-refractivity contribution in [1.82, 2.24) is 24.1 Å². The van der Waals surface area contributed by atoms with E-state index in [4.69, 9.17) is 15.0 Å². The lowest BCUT2D eigenvalue weighted by molar-refractivity contribution is 0.725. The molecule has 3 heterocycles. The lowest BCUT2D eigenvalue weighted by Gasteiger charge is -2.21. The first-order valence-electron chi connectivity index (χ1n) is 16.9. The summed E-state index contributed by atoms with van der Waals surface area (Å²) in [5.41, 5.74) is 7.70. The molecule has 0 aliphatic heterocycles. The van der Waals surface area contributed by atoms with Gasteiger partial charge < -0.3 is 4.57 Å². The topological polar surface area (TPSA) is 48.5 Å². The summed E-state index contributed by atoms with van der Waals surface area (Å²) < 4.78 is 4.81. The van der Waals surface area contributed by atoms with E-state index in [1.807, 2.05) is 36.4 Å². The number of aromatic nitrogens is 5. The van der Waals surface area contributed by atoms with E-state index in [-0.39, 0.29) is 0 Å². The molecule has 1 aliphatic rings. The molecule has 49 heavy (non-hydrogen) atoms. The van der Waals surface area contributed by atoms with E-state index in [9.17, 15) is 0 Å². The molecule has 1 unspecified atom stereocenters. The Balaban J connectivity index is 1.46. The Hall–Kier alpha value is -6.33. The van der Waals surface area contributed by atoms with Gasteiger partial charge in [0, 0.05) is 44.3 Å². The quantitative estimate of drug-likeness (QED) is 0.195. The van der Waals surface area contributed by atoms with Crippen molar-refractivity contribution < 1.29 is 0 Å². The second-order valence-electron chi connectivity index (χ2n) is 12.9. The van der Waals surface area contributed by atoms with Crippen molar-refractivity contribution in [3.05, 3.63) is 152 Å². The zero-order valence-electron chi connectivity index (χ0n) is 27.0. The van der Waals surface area contributed by atoms with Crippen LogP contribution < -0.4 is 0 Å². The number of nitrogens with zero attached hydrogens (tertiary/aromatic N) is 5. The van der Waals surface area contributed by atoms with Gasteiger partial charge in [-0.3, -0.25) is 4.57 Å². The van der Waals surface area contributed by atoms with Crippen molar-refractivity contribution >= 4 is 60.1 Å². The largest absolute Gasteiger partial charge is 0.311 e. The van der Waals surface area contributed by atoms with Crippen LogP contribution in [0.2, 0.25) is 0 Å². The second-order valence-corrected chi connectivity index (χ2v) is 12.9. The molecular formula is C44H31N5. The molecule has 0 N–H and O–H groups in total. The average molecular weight is 630 g/mol. The van der Waals surface area contributed by atoms with E-state index in [2.05, 4.69) is 131 Å². The van der Waals surface area contributed by atoms with Gasteiger partial charge in [0.25, 0.3) is 0 Å². The van der Waals surface area contributed by atoms with Gasteiger partial charge in [-0.15, -0.1) is 0 Å². The molecule has 0 radical (unpaired) electrons. The summed E-state index contributed by atoms with van der Waals surface area (Å²) in [7, 11) is 0. The number of rotatable bonds is 4. The maximum Gasteiger partial charge on any atom is 0.238 e. The predicted octanol–water partition coefficient (Wildman–Crippen LogP) is 11.0. The molecule has 3 aromatic heterocycles. The summed E-state index contributed by atoms with van der Waals surface area (Å²) >= 11 is 0. The maximum absolute atomic E-state index is 5.28. The first-order chi connectivity index (χ1) is 24.3. The van der Waals surface area contributed by atoms with Crippen LogP contribution in [-0.4, -0.2) is 24.1 Å². The fourth-order valence-electron chi connectivity index (χ4n) is 7.80. The van der Waals surface area contributed by atoms with Crippen LogP contribution >= 0.6 is 0 Å². The molecule has 0 amide bonds. The number of hydrogen-bond acceptors (Lipinski definition) is 3. The van der Waals surface area contributed by atoms with Gasteiger partial charge in [-0.25, -0.2) is 4.98 Å². The normalized spacial score (nSPS) is 14.8. The third-order valence-electron chi connectivity index (χ3n) is 9.98. The average Bonchev–Trinajstić information content (AvgIpc) is 3.70. The number of benzene rings is 6. The van der Waals surface area contributed by atoms with Gasteiger partial charge >= 0.3 is 0 Å². The van der Waals surface area contributed by atoms with Crippen molar-refractivity contribution in [2.75, 3.05) is 0 Å². The highest BCUT2D eigenvalue weighted by atomic mass is 15.2. The minimum absolute atomic E-state index is 0.342. The SMILES string of the molecule is CC1CC=CC=C1n1c2ccccc2c2c3ccccc3c3c4ccccc4n(-c4nc(-c5ccccc5)nc(-c5ccccc5)n4)c3c21. The molecule has 232 valence electrons. The molecule has 1 aliphatic carbocycles. The van der Waals surface area contributed by atoms with Crippen molar-refractivity contribution in [3.8, 4) is 28.7 Å². The standard InChI is InChI=1S/C44H31N5/c1-28-16-8-13-25-35(28)48-36-26-14-11-23-33(36)38-31-21-9-10-22-32(31)39-34-24-12-15-27-37(34)49(41(39)40(38)48)44-46-42(29-17-4-2-5-18-29)45-43(47-44)30-19-6-3-7-20-30/h2-15,17-28H,16H2,1H3. The number of allylic oxidation sites excluding steroid dienone is 4. The van der Waals surface area contributed by atoms with Crippen molar-refractivity contribution in [3.63, 3.8) is 0 Å². The van der Waals surface area contributed by atoms with Gasteiger partial charge in [0.05, 0.1) is 22.1 Å². The molecule has 6 aromatic carbocycles. The van der Waals surface area contributed by atoms with Crippen LogP contribution in [0, 0.1) is 5.92 Å². The molecule has 0 saturated heterocycles. The maximum atomic E-state index is 5.28. The third kappa shape index (κ3) is 4.15. The van der Waals surface area contributed by atoms with Gasteiger partial charge in [0.15, 0.2) is 11.6 Å². The third-order valence-corrected chi connectivity index (χ3v) is 9.98. The molecule has 9 aromatic rings. The summed E-state index contributed by atoms with van der Waals surface area (Å²) in [6.45, 7) is 2.33. The molecule has 10 rings (SSSR count). The minimum Gasteiger partial charge on any atom is -0.311 e. The highest BCUT2D eigenvalue weighted by Crippen LogP contribution is 2.47. The van der Waals surface area contributed by atoms with Gasteiger partial charge in [-0.1, -0.05) is 140 Å². The minimum atomic E-state index is 0.342. The summed E-state index contributed by atoms with van der Waals surface area (Å²) in [5, 5.41) is 7.31. The van der Waals surface area contributed by atoms with E-state index in [1.54, 1.807) is 0 Å². The molecule has 0 saturated carbocycles. The van der Waals surface area contributed by atoms with Crippen molar-refractivity contribution in [2.45, 2.75) is 13.3 Å². The van der Waals surface area contributed by atoms with Crippen LogP contribution in [0.5, 0.6) is 0 Å². The summed E-state index contributed by atoms with van der Waals surface area (Å²) in [5.74, 6) is 2.22. The van der Waals surface area contributed by atoms with Crippen molar-refractivity contribution in [2.24, 2.45) is 5.92 Å². The Morgan fingerprint density at radius 1 is 0.510 bits per heavy atom. The van der Waals surface area contributed by atoms with Gasteiger partial charge in [0.1, 0.15) is 0 Å². The van der Waals surface area contributed by atoms with E-state index in [1.165, 1.54) is 49.0 Å². The fourth-order valence-corrected chi connectivity index (χ4v) is 7.80. The van der Waals surface area contributed by atoms with Gasteiger partial charge in [-0.05, 0) is 35.4 Å². The molecule has 5 nitrogen and oxygen atoms in total.